The predicted molar refractivity (Wildman–Crippen MR) is 133 cm³/mol. The van der Waals surface area contributed by atoms with Gasteiger partial charge in [-0.3, -0.25) is 9.48 Å². The van der Waals surface area contributed by atoms with Crippen LogP contribution < -0.4 is 0 Å². The molecule has 0 bridgehead atoms. The van der Waals surface area contributed by atoms with E-state index in [0.717, 1.165) is 28.6 Å². The molecule has 1 saturated heterocycles. The molecule has 0 spiro atoms. The van der Waals surface area contributed by atoms with Crippen LogP contribution >= 0.6 is 0 Å². The number of aryl methyl sites for hydroxylation is 2. The van der Waals surface area contributed by atoms with Crippen LogP contribution in [0.25, 0.3) is 6.08 Å². The van der Waals surface area contributed by atoms with Gasteiger partial charge in [0.25, 0.3) is 0 Å². The SMILES string of the molecule is Cc1ccc(Cn2nc(C)c(/C=C/C(=O)N3CCN(S(=O)(=O)c4ccccc4F)CC3)c2C)cc1. The lowest BCUT2D eigenvalue weighted by Crippen LogP contribution is -2.50. The number of halogens is 1. The average Bonchev–Trinajstić information content (AvgIpc) is 3.11. The van der Waals surface area contributed by atoms with E-state index in [0.29, 0.717) is 6.54 Å². The fourth-order valence-corrected chi connectivity index (χ4v) is 5.66. The Hall–Kier alpha value is -3.30. The third-order valence-electron chi connectivity index (χ3n) is 6.29. The Morgan fingerprint density at radius 3 is 2.31 bits per heavy atom. The van der Waals surface area contributed by atoms with Crippen LogP contribution in [-0.4, -0.2) is 59.5 Å². The number of carbonyl (C=O) groups excluding carboxylic acids is 1. The maximum atomic E-state index is 14.0. The summed E-state index contributed by atoms with van der Waals surface area (Å²) in [6.07, 6.45) is 3.28. The van der Waals surface area contributed by atoms with Gasteiger partial charge in [0.15, 0.2) is 0 Å². The van der Waals surface area contributed by atoms with Crippen LogP contribution in [0.5, 0.6) is 0 Å². The number of piperazine rings is 1. The lowest BCUT2D eigenvalue weighted by atomic mass is 10.1. The zero-order chi connectivity index (χ0) is 25.2. The van der Waals surface area contributed by atoms with E-state index in [2.05, 4.69) is 36.3 Å². The van der Waals surface area contributed by atoms with Gasteiger partial charge in [0, 0.05) is 43.5 Å². The highest BCUT2D eigenvalue weighted by Gasteiger charge is 2.31. The van der Waals surface area contributed by atoms with E-state index in [1.54, 1.807) is 11.0 Å². The molecule has 0 aliphatic carbocycles. The van der Waals surface area contributed by atoms with Crippen molar-refractivity contribution in [2.75, 3.05) is 26.2 Å². The lowest BCUT2D eigenvalue weighted by Gasteiger charge is -2.33. The summed E-state index contributed by atoms with van der Waals surface area (Å²) in [7, 11) is -3.94. The quantitative estimate of drug-likeness (QED) is 0.489. The summed E-state index contributed by atoms with van der Waals surface area (Å²) >= 11 is 0. The van der Waals surface area contributed by atoms with Crippen LogP contribution in [0.1, 0.15) is 28.1 Å². The van der Waals surface area contributed by atoms with Gasteiger partial charge in [0.2, 0.25) is 15.9 Å². The molecule has 0 saturated carbocycles. The number of hydrogen-bond donors (Lipinski definition) is 0. The number of sulfonamides is 1. The van der Waals surface area contributed by atoms with E-state index in [1.807, 2.05) is 18.5 Å². The van der Waals surface area contributed by atoms with E-state index in [9.17, 15) is 17.6 Å². The Morgan fingerprint density at radius 1 is 1.00 bits per heavy atom. The second kappa shape index (κ2) is 10.1. The van der Waals surface area contributed by atoms with Crippen LogP contribution in [0.15, 0.2) is 59.5 Å². The first-order valence-corrected chi connectivity index (χ1v) is 12.9. The smallest absolute Gasteiger partial charge is 0.246 e. The minimum absolute atomic E-state index is 0.114. The van der Waals surface area contributed by atoms with Crippen LogP contribution in [-0.2, 0) is 21.4 Å². The molecule has 3 aromatic rings. The summed E-state index contributed by atoms with van der Waals surface area (Å²) in [6.45, 7) is 7.29. The van der Waals surface area contributed by atoms with E-state index < -0.39 is 15.8 Å². The van der Waals surface area contributed by atoms with Gasteiger partial charge in [-0.15, -0.1) is 0 Å². The number of amides is 1. The van der Waals surface area contributed by atoms with Crippen molar-refractivity contribution in [3.05, 3.63) is 88.5 Å². The molecular formula is C26H29FN4O3S. The molecular weight excluding hydrogens is 467 g/mol. The first-order chi connectivity index (χ1) is 16.7. The number of carbonyl (C=O) groups is 1. The highest BCUT2D eigenvalue weighted by Crippen LogP contribution is 2.21. The van der Waals surface area contributed by atoms with Crippen molar-refractivity contribution in [3.8, 4) is 0 Å². The maximum absolute atomic E-state index is 14.0. The van der Waals surface area contributed by atoms with Gasteiger partial charge in [0.1, 0.15) is 10.7 Å². The monoisotopic (exact) mass is 496 g/mol. The molecule has 7 nitrogen and oxygen atoms in total. The van der Waals surface area contributed by atoms with E-state index in [-0.39, 0.29) is 37.0 Å². The molecule has 184 valence electrons. The van der Waals surface area contributed by atoms with Gasteiger partial charge in [-0.25, -0.2) is 12.8 Å². The largest absolute Gasteiger partial charge is 0.337 e. The molecule has 1 amide bonds. The molecule has 1 aromatic heterocycles. The molecule has 1 fully saturated rings. The van der Waals surface area contributed by atoms with E-state index in [1.165, 1.54) is 34.1 Å². The van der Waals surface area contributed by atoms with Gasteiger partial charge in [-0.1, -0.05) is 42.0 Å². The molecule has 0 atom stereocenters. The molecule has 2 heterocycles. The summed E-state index contributed by atoms with van der Waals surface area (Å²) in [4.78, 5) is 14.1. The van der Waals surface area contributed by atoms with Gasteiger partial charge in [-0.05, 0) is 44.5 Å². The molecule has 35 heavy (non-hydrogen) atoms. The molecule has 0 unspecified atom stereocenters. The molecule has 9 heteroatoms. The molecule has 0 radical (unpaired) electrons. The predicted octanol–water partition coefficient (Wildman–Crippen LogP) is 3.54. The Balaban J connectivity index is 1.40. The van der Waals surface area contributed by atoms with E-state index >= 15 is 0 Å². The molecule has 2 aromatic carbocycles. The Kier molecular flexibility index (Phi) is 7.18. The lowest BCUT2D eigenvalue weighted by molar-refractivity contribution is -0.127. The van der Waals surface area contributed by atoms with Crippen molar-refractivity contribution in [1.82, 2.24) is 19.0 Å². The summed E-state index contributed by atoms with van der Waals surface area (Å²) in [5, 5.41) is 4.63. The van der Waals surface area contributed by atoms with Gasteiger partial charge >= 0.3 is 0 Å². The average molecular weight is 497 g/mol. The number of hydrogen-bond acceptors (Lipinski definition) is 4. The van der Waals surface area contributed by atoms with Gasteiger partial charge < -0.3 is 4.90 Å². The summed E-state index contributed by atoms with van der Waals surface area (Å²) in [5.74, 6) is -0.972. The van der Waals surface area contributed by atoms with Crippen molar-refractivity contribution in [3.63, 3.8) is 0 Å². The summed E-state index contributed by atoms with van der Waals surface area (Å²) in [6, 6.07) is 13.6. The third kappa shape index (κ3) is 5.36. The van der Waals surface area contributed by atoms with Crippen LogP contribution in [0.3, 0.4) is 0 Å². The second-order valence-electron chi connectivity index (χ2n) is 8.72. The number of benzene rings is 2. The second-order valence-corrected chi connectivity index (χ2v) is 10.6. The van der Waals surface area contributed by atoms with E-state index in [4.69, 9.17) is 0 Å². The zero-order valence-electron chi connectivity index (χ0n) is 20.1. The third-order valence-corrected chi connectivity index (χ3v) is 8.22. The van der Waals surface area contributed by atoms with Crippen molar-refractivity contribution in [1.29, 1.82) is 0 Å². The first kappa shape index (κ1) is 24.8. The maximum Gasteiger partial charge on any atom is 0.246 e. The van der Waals surface area contributed by atoms with Crippen LogP contribution in [0, 0.1) is 26.6 Å². The van der Waals surface area contributed by atoms with Crippen molar-refractivity contribution in [2.24, 2.45) is 0 Å². The number of nitrogens with zero attached hydrogens (tertiary/aromatic N) is 4. The summed E-state index contributed by atoms with van der Waals surface area (Å²) in [5.41, 5.74) is 5.05. The number of aromatic nitrogens is 2. The van der Waals surface area contributed by atoms with Crippen LogP contribution in [0.4, 0.5) is 4.39 Å². The fourth-order valence-electron chi connectivity index (χ4n) is 4.17. The minimum atomic E-state index is -3.94. The normalized spacial score (nSPS) is 15.1. The minimum Gasteiger partial charge on any atom is -0.337 e. The topological polar surface area (TPSA) is 75.5 Å². The van der Waals surface area contributed by atoms with Crippen molar-refractivity contribution in [2.45, 2.75) is 32.2 Å². The summed E-state index contributed by atoms with van der Waals surface area (Å²) < 4.78 is 42.7. The molecule has 4 rings (SSSR count). The van der Waals surface area contributed by atoms with Gasteiger partial charge in [-0.2, -0.15) is 9.40 Å². The zero-order valence-corrected chi connectivity index (χ0v) is 20.9. The molecule has 0 N–H and O–H groups in total. The van der Waals surface area contributed by atoms with Crippen LogP contribution in [0.2, 0.25) is 0 Å². The Labute approximate surface area is 205 Å². The molecule has 1 aliphatic rings. The van der Waals surface area contributed by atoms with Crippen molar-refractivity contribution < 1.29 is 17.6 Å². The fraction of sp³-hybridized carbons (Fsp3) is 0.308. The highest BCUT2D eigenvalue weighted by molar-refractivity contribution is 7.89. The standard InChI is InChI=1S/C26H29FN4O3S/c1-19-8-10-22(11-9-19)18-31-21(3)23(20(2)28-31)12-13-26(32)29-14-16-30(17-15-29)35(33,34)25-7-5-4-6-24(25)27/h4-13H,14-18H2,1-3H3/b13-12+. The van der Waals surface area contributed by atoms with Gasteiger partial charge in [0.05, 0.1) is 12.2 Å². The van der Waals surface area contributed by atoms with Crippen molar-refractivity contribution >= 4 is 22.0 Å². The number of rotatable bonds is 6. The Bertz CT molecular complexity index is 1360. The first-order valence-electron chi connectivity index (χ1n) is 11.5. The Morgan fingerprint density at radius 2 is 1.66 bits per heavy atom. The highest BCUT2D eigenvalue weighted by atomic mass is 32.2. The molecule has 1 aliphatic heterocycles.